The number of halogens is 1. The Labute approximate surface area is 228 Å². The number of oxazole rings is 1. The standard InChI is InChI=1S/C29H22ClN3O4S/c1-16-3-10-26-23(13-16)32-28(37-26)21-9-6-19(15-24(21)34)31-29(38)33-27(35)12-8-20-7-11-25(36-20)18-5-4-17(2)22(30)14-18/h3-15,34H,1-2H3,(H2,31,33,35,38)/b12-8+. The van der Waals surface area contributed by atoms with Crippen molar-refractivity contribution in [2.75, 3.05) is 5.32 Å². The third kappa shape index (κ3) is 5.61. The van der Waals surface area contributed by atoms with Crippen LogP contribution in [-0.2, 0) is 4.79 Å². The number of nitrogens with one attached hydrogen (secondary N) is 2. The number of aromatic nitrogens is 1. The molecular weight excluding hydrogens is 522 g/mol. The summed E-state index contributed by atoms with van der Waals surface area (Å²) >= 11 is 11.4. The molecule has 0 bridgehead atoms. The molecule has 0 spiro atoms. The number of fused-ring (bicyclic) bond motifs is 1. The zero-order valence-corrected chi connectivity index (χ0v) is 22.0. The molecule has 1 amide bonds. The first-order chi connectivity index (χ1) is 18.2. The van der Waals surface area contributed by atoms with Crippen LogP contribution in [0.1, 0.15) is 16.9 Å². The van der Waals surface area contributed by atoms with E-state index in [-0.39, 0.29) is 10.9 Å². The van der Waals surface area contributed by atoms with Crippen molar-refractivity contribution in [2.24, 2.45) is 0 Å². The summed E-state index contributed by atoms with van der Waals surface area (Å²) in [6, 6.07) is 19.8. The van der Waals surface area contributed by atoms with Crippen molar-refractivity contribution in [2.45, 2.75) is 13.8 Å². The Morgan fingerprint density at radius 3 is 2.66 bits per heavy atom. The van der Waals surface area contributed by atoms with Gasteiger partial charge in [0, 0.05) is 28.4 Å². The number of thiocarbonyl (C=S) groups is 1. The third-order valence-corrected chi connectivity index (χ3v) is 6.36. The van der Waals surface area contributed by atoms with E-state index in [4.69, 9.17) is 32.7 Å². The second kappa shape index (κ2) is 10.5. The van der Waals surface area contributed by atoms with Gasteiger partial charge in [0.2, 0.25) is 11.8 Å². The van der Waals surface area contributed by atoms with E-state index < -0.39 is 5.91 Å². The summed E-state index contributed by atoms with van der Waals surface area (Å²) in [6.07, 6.45) is 2.86. The maximum atomic E-state index is 12.3. The summed E-state index contributed by atoms with van der Waals surface area (Å²) in [5.74, 6) is 0.959. The van der Waals surface area contributed by atoms with E-state index in [2.05, 4.69) is 15.6 Å². The highest BCUT2D eigenvalue weighted by molar-refractivity contribution is 7.80. The number of benzene rings is 3. The number of amides is 1. The van der Waals surface area contributed by atoms with Gasteiger partial charge >= 0.3 is 0 Å². The zero-order chi connectivity index (χ0) is 26.8. The Hall–Kier alpha value is -4.40. The molecule has 0 aliphatic heterocycles. The van der Waals surface area contributed by atoms with Crippen molar-refractivity contribution in [3.8, 4) is 28.5 Å². The fraction of sp³-hybridized carbons (Fsp3) is 0.0690. The second-order valence-electron chi connectivity index (χ2n) is 8.66. The zero-order valence-electron chi connectivity index (χ0n) is 20.4. The van der Waals surface area contributed by atoms with Gasteiger partial charge in [-0.05, 0) is 85.7 Å². The van der Waals surface area contributed by atoms with Gasteiger partial charge in [-0.1, -0.05) is 29.8 Å². The normalized spacial score (nSPS) is 11.2. The Bertz CT molecular complexity index is 1720. The van der Waals surface area contributed by atoms with Gasteiger partial charge < -0.3 is 19.3 Å². The first-order valence-electron chi connectivity index (χ1n) is 11.6. The number of phenolic OH excluding ortho intramolecular Hbond substituents is 1. The minimum Gasteiger partial charge on any atom is -0.507 e. The van der Waals surface area contributed by atoms with Gasteiger partial charge in [-0.2, -0.15) is 0 Å². The van der Waals surface area contributed by atoms with E-state index in [0.717, 1.165) is 16.7 Å². The molecule has 7 nitrogen and oxygen atoms in total. The van der Waals surface area contributed by atoms with Gasteiger partial charge in [-0.25, -0.2) is 4.98 Å². The van der Waals surface area contributed by atoms with Gasteiger partial charge in [0.15, 0.2) is 10.7 Å². The monoisotopic (exact) mass is 543 g/mol. The molecule has 38 heavy (non-hydrogen) atoms. The SMILES string of the molecule is Cc1ccc2oc(-c3ccc(NC(=S)NC(=O)/C=C/c4ccc(-c5ccc(C)c(Cl)c5)o4)cc3O)nc2c1. The van der Waals surface area contributed by atoms with Gasteiger partial charge in [-0.3, -0.25) is 10.1 Å². The molecule has 3 aromatic carbocycles. The van der Waals surface area contributed by atoms with Crippen molar-refractivity contribution in [1.82, 2.24) is 10.3 Å². The lowest BCUT2D eigenvalue weighted by molar-refractivity contribution is -0.115. The van der Waals surface area contributed by atoms with Gasteiger partial charge in [-0.15, -0.1) is 0 Å². The molecule has 0 radical (unpaired) electrons. The number of aromatic hydroxyl groups is 1. The Morgan fingerprint density at radius 1 is 1.03 bits per heavy atom. The van der Waals surface area contributed by atoms with Crippen LogP contribution in [0.4, 0.5) is 5.69 Å². The van der Waals surface area contributed by atoms with Crippen LogP contribution >= 0.6 is 23.8 Å². The van der Waals surface area contributed by atoms with Crippen LogP contribution < -0.4 is 10.6 Å². The molecular formula is C29H22ClN3O4S. The number of aryl methyl sites for hydroxylation is 2. The summed E-state index contributed by atoms with van der Waals surface area (Å²) < 4.78 is 11.6. The van der Waals surface area contributed by atoms with Crippen molar-refractivity contribution in [3.05, 3.63) is 94.7 Å². The Kier molecular flexibility index (Phi) is 7.00. The quantitative estimate of drug-likeness (QED) is 0.158. The molecule has 9 heteroatoms. The number of carbonyl (C=O) groups is 1. The van der Waals surface area contributed by atoms with Gasteiger partial charge in [0.1, 0.15) is 22.8 Å². The number of anilines is 1. The molecule has 2 heterocycles. The summed E-state index contributed by atoms with van der Waals surface area (Å²) in [5.41, 5.74) is 5.16. The van der Waals surface area contributed by atoms with Crippen LogP contribution in [0.15, 0.2) is 81.6 Å². The average Bonchev–Trinajstić information content (AvgIpc) is 3.51. The van der Waals surface area contributed by atoms with Crippen LogP contribution in [0, 0.1) is 13.8 Å². The van der Waals surface area contributed by atoms with Crippen molar-refractivity contribution >= 4 is 57.7 Å². The molecule has 0 saturated heterocycles. The molecule has 190 valence electrons. The largest absolute Gasteiger partial charge is 0.507 e. The lowest BCUT2D eigenvalue weighted by Crippen LogP contribution is -2.32. The van der Waals surface area contributed by atoms with E-state index in [1.807, 2.05) is 56.3 Å². The molecule has 3 N–H and O–H groups in total. The minimum absolute atomic E-state index is 0.0456. The number of hydrogen-bond acceptors (Lipinski definition) is 6. The molecule has 0 fully saturated rings. The van der Waals surface area contributed by atoms with Gasteiger partial charge in [0.25, 0.3) is 0 Å². The van der Waals surface area contributed by atoms with Gasteiger partial charge in [0.05, 0.1) is 5.56 Å². The van der Waals surface area contributed by atoms with Crippen LogP contribution in [-0.4, -0.2) is 21.1 Å². The molecule has 5 rings (SSSR count). The van der Waals surface area contributed by atoms with Crippen LogP contribution in [0.2, 0.25) is 5.02 Å². The summed E-state index contributed by atoms with van der Waals surface area (Å²) in [5, 5.41) is 16.7. The highest BCUT2D eigenvalue weighted by Gasteiger charge is 2.14. The predicted octanol–water partition coefficient (Wildman–Crippen LogP) is 7.26. The van der Waals surface area contributed by atoms with Crippen LogP contribution in [0.25, 0.3) is 40.0 Å². The van der Waals surface area contributed by atoms with Crippen molar-refractivity contribution in [3.63, 3.8) is 0 Å². The number of rotatable bonds is 5. The van der Waals surface area contributed by atoms with E-state index in [9.17, 15) is 9.90 Å². The van der Waals surface area contributed by atoms with Crippen molar-refractivity contribution < 1.29 is 18.7 Å². The third-order valence-electron chi connectivity index (χ3n) is 5.75. The maximum Gasteiger partial charge on any atom is 0.250 e. The predicted molar refractivity (Wildman–Crippen MR) is 153 cm³/mol. The molecule has 0 saturated carbocycles. The number of furan rings is 1. The number of carbonyl (C=O) groups excluding carboxylic acids is 1. The fourth-order valence-electron chi connectivity index (χ4n) is 3.76. The molecule has 2 aromatic heterocycles. The fourth-order valence-corrected chi connectivity index (χ4v) is 4.16. The second-order valence-corrected chi connectivity index (χ2v) is 9.48. The lowest BCUT2D eigenvalue weighted by Gasteiger charge is -2.09. The first-order valence-corrected chi connectivity index (χ1v) is 12.4. The van der Waals surface area contributed by atoms with E-state index in [1.165, 1.54) is 12.1 Å². The molecule has 0 aliphatic carbocycles. The van der Waals surface area contributed by atoms with E-state index in [0.29, 0.717) is 44.8 Å². The molecule has 0 aliphatic rings. The number of phenols is 1. The summed E-state index contributed by atoms with van der Waals surface area (Å²) in [6.45, 7) is 3.90. The number of nitrogens with zero attached hydrogens (tertiary/aromatic N) is 1. The highest BCUT2D eigenvalue weighted by Crippen LogP contribution is 2.33. The number of hydrogen-bond donors (Lipinski definition) is 3. The van der Waals surface area contributed by atoms with Crippen molar-refractivity contribution in [1.29, 1.82) is 0 Å². The van der Waals surface area contributed by atoms with E-state index in [1.54, 1.807) is 24.3 Å². The highest BCUT2D eigenvalue weighted by atomic mass is 35.5. The topological polar surface area (TPSA) is 101 Å². The minimum atomic E-state index is -0.443. The Balaban J connectivity index is 1.19. The summed E-state index contributed by atoms with van der Waals surface area (Å²) in [7, 11) is 0. The molecule has 5 aromatic rings. The maximum absolute atomic E-state index is 12.3. The molecule has 0 unspecified atom stereocenters. The average molecular weight is 544 g/mol. The van der Waals surface area contributed by atoms with Crippen LogP contribution in [0.3, 0.4) is 0 Å². The molecule has 0 atom stereocenters. The smallest absolute Gasteiger partial charge is 0.250 e. The Morgan fingerprint density at radius 2 is 1.87 bits per heavy atom. The van der Waals surface area contributed by atoms with E-state index >= 15 is 0 Å². The summed E-state index contributed by atoms with van der Waals surface area (Å²) in [4.78, 5) is 16.8. The van der Waals surface area contributed by atoms with Crippen LogP contribution in [0.5, 0.6) is 5.75 Å². The lowest BCUT2D eigenvalue weighted by atomic mass is 10.1. The first kappa shape index (κ1) is 25.3.